The van der Waals surface area contributed by atoms with Gasteiger partial charge in [0.25, 0.3) is 0 Å². The van der Waals surface area contributed by atoms with Gasteiger partial charge in [0.05, 0.1) is 7.11 Å². The van der Waals surface area contributed by atoms with Crippen molar-refractivity contribution in [1.29, 1.82) is 0 Å². The molecule has 0 aliphatic rings. The number of hydrogen-bond acceptors (Lipinski definition) is 5. The molecule has 100 valence electrons. The lowest BCUT2D eigenvalue weighted by molar-refractivity contribution is -0.147. The summed E-state index contributed by atoms with van der Waals surface area (Å²) in [6, 6.07) is 7.32. The van der Waals surface area contributed by atoms with E-state index in [4.69, 9.17) is 15.6 Å². The average Bonchev–Trinajstić information content (AvgIpc) is 2.37. The van der Waals surface area contributed by atoms with Gasteiger partial charge in [0, 0.05) is 6.61 Å². The number of esters is 1. The number of aliphatic hydroxyl groups is 1. The maximum Gasteiger partial charge on any atom is 0.329 e. The Balaban J connectivity index is 2.71. The highest BCUT2D eigenvalue weighted by Crippen LogP contribution is 2.19. The minimum Gasteiger partial charge on any atom is -0.491 e. The molecule has 0 saturated carbocycles. The summed E-state index contributed by atoms with van der Waals surface area (Å²) in [5.74, 6) is 0.0919. The molecule has 0 fully saturated rings. The number of rotatable bonds is 6. The second kappa shape index (κ2) is 6.37. The zero-order valence-electron chi connectivity index (χ0n) is 10.7. The Morgan fingerprint density at radius 3 is 2.72 bits per heavy atom. The third-order valence-electron chi connectivity index (χ3n) is 2.53. The minimum absolute atomic E-state index is 0.0160. The van der Waals surface area contributed by atoms with Crippen LogP contribution in [0.4, 0.5) is 0 Å². The molecule has 1 aromatic carbocycles. The van der Waals surface area contributed by atoms with E-state index in [0.717, 1.165) is 5.56 Å². The van der Waals surface area contributed by atoms with Crippen LogP contribution in [0.2, 0.25) is 0 Å². The highest BCUT2D eigenvalue weighted by atomic mass is 16.5. The Kier molecular flexibility index (Phi) is 5.12. The predicted molar refractivity (Wildman–Crippen MR) is 67.3 cm³/mol. The maximum absolute atomic E-state index is 11.4. The van der Waals surface area contributed by atoms with Crippen LogP contribution in [0.1, 0.15) is 12.5 Å². The topological polar surface area (TPSA) is 81.8 Å². The van der Waals surface area contributed by atoms with Crippen LogP contribution < -0.4 is 10.5 Å². The summed E-state index contributed by atoms with van der Waals surface area (Å²) in [7, 11) is 1.28. The van der Waals surface area contributed by atoms with Gasteiger partial charge in [-0.25, -0.2) is 4.79 Å². The van der Waals surface area contributed by atoms with Crippen LogP contribution in [0.25, 0.3) is 0 Å². The fourth-order valence-electron chi connectivity index (χ4n) is 1.49. The van der Waals surface area contributed by atoms with Crippen molar-refractivity contribution >= 4 is 5.97 Å². The summed E-state index contributed by atoms with van der Waals surface area (Å²) in [4.78, 5) is 11.4. The van der Waals surface area contributed by atoms with Crippen LogP contribution in [-0.4, -0.2) is 36.9 Å². The van der Waals surface area contributed by atoms with Gasteiger partial charge in [-0.2, -0.15) is 0 Å². The zero-order valence-corrected chi connectivity index (χ0v) is 10.7. The quantitative estimate of drug-likeness (QED) is 0.721. The van der Waals surface area contributed by atoms with Gasteiger partial charge in [-0.05, 0) is 25.0 Å². The van der Waals surface area contributed by atoms with Crippen LogP contribution in [-0.2, 0) is 16.0 Å². The Morgan fingerprint density at radius 1 is 1.44 bits per heavy atom. The van der Waals surface area contributed by atoms with E-state index < -0.39 is 11.5 Å². The number of nitrogens with two attached hydrogens (primary N) is 1. The lowest BCUT2D eigenvalue weighted by Crippen LogP contribution is -2.50. The fraction of sp³-hybridized carbons (Fsp3) is 0.462. The molecule has 1 atom stereocenters. The van der Waals surface area contributed by atoms with E-state index >= 15 is 0 Å². The van der Waals surface area contributed by atoms with Crippen molar-refractivity contribution in [3.05, 3.63) is 29.8 Å². The van der Waals surface area contributed by atoms with Crippen molar-refractivity contribution in [3.8, 4) is 5.75 Å². The molecule has 1 rings (SSSR count). The lowest BCUT2D eigenvalue weighted by atomic mass is 10.1. The fourth-order valence-corrected chi connectivity index (χ4v) is 1.49. The van der Waals surface area contributed by atoms with Crippen molar-refractivity contribution in [3.63, 3.8) is 0 Å². The molecule has 18 heavy (non-hydrogen) atoms. The maximum atomic E-state index is 11.4. The summed E-state index contributed by atoms with van der Waals surface area (Å²) in [6.07, 6.45) is 0.496. The van der Waals surface area contributed by atoms with Gasteiger partial charge in [-0.3, -0.25) is 0 Å². The van der Waals surface area contributed by atoms with Gasteiger partial charge in [0.15, 0.2) is 0 Å². The number of methoxy groups -OCH3 is 1. The van der Waals surface area contributed by atoms with E-state index in [1.807, 2.05) is 18.2 Å². The van der Waals surface area contributed by atoms with Gasteiger partial charge in [0.2, 0.25) is 0 Å². The third-order valence-corrected chi connectivity index (χ3v) is 2.53. The summed E-state index contributed by atoms with van der Waals surface area (Å²) in [5, 5.41) is 8.94. The second-order valence-corrected chi connectivity index (χ2v) is 4.28. The van der Waals surface area contributed by atoms with Crippen LogP contribution in [0.15, 0.2) is 24.3 Å². The molecule has 3 N–H and O–H groups in total. The van der Waals surface area contributed by atoms with Crippen molar-refractivity contribution < 1.29 is 19.4 Å². The number of hydrogen-bond donors (Lipinski definition) is 2. The molecule has 5 heteroatoms. The summed E-state index contributed by atoms with van der Waals surface area (Å²) in [5.41, 5.74) is 5.48. The van der Waals surface area contributed by atoms with Gasteiger partial charge in [-0.15, -0.1) is 0 Å². The van der Waals surface area contributed by atoms with E-state index in [0.29, 0.717) is 12.2 Å². The Morgan fingerprint density at radius 2 is 2.11 bits per heavy atom. The molecule has 0 spiro atoms. The molecule has 0 heterocycles. The Hall–Kier alpha value is -1.59. The molecular formula is C13H19NO4. The smallest absolute Gasteiger partial charge is 0.329 e. The second-order valence-electron chi connectivity index (χ2n) is 4.28. The van der Waals surface area contributed by atoms with Gasteiger partial charge in [-0.1, -0.05) is 18.2 Å². The van der Waals surface area contributed by atoms with Crippen LogP contribution >= 0.6 is 0 Å². The standard InChI is InChI=1S/C13H19NO4/c1-13(14,12(16)17-2)9-18-11-6-4-3-5-10(11)7-8-15/h3-6,15H,7-9,14H2,1-2H3. The molecular weight excluding hydrogens is 234 g/mol. The van der Waals surface area contributed by atoms with Crippen LogP contribution in [0, 0.1) is 0 Å². The molecule has 0 amide bonds. The first-order valence-corrected chi connectivity index (χ1v) is 5.70. The summed E-state index contributed by atoms with van der Waals surface area (Å²) >= 11 is 0. The summed E-state index contributed by atoms with van der Waals surface area (Å²) < 4.78 is 10.1. The molecule has 0 aromatic heterocycles. The van der Waals surface area contributed by atoms with Crippen molar-refractivity contribution in [2.24, 2.45) is 5.73 Å². The van der Waals surface area contributed by atoms with Gasteiger partial charge < -0.3 is 20.3 Å². The molecule has 1 aromatic rings. The van der Waals surface area contributed by atoms with Crippen LogP contribution in [0.5, 0.6) is 5.75 Å². The molecule has 0 radical (unpaired) electrons. The number of carbonyl (C=O) groups excluding carboxylic acids is 1. The zero-order chi connectivity index (χ0) is 13.6. The number of ether oxygens (including phenoxy) is 2. The summed E-state index contributed by atoms with van der Waals surface area (Å²) in [6.45, 7) is 1.60. The van der Waals surface area contributed by atoms with Gasteiger partial charge >= 0.3 is 5.97 Å². The number of benzene rings is 1. The largest absolute Gasteiger partial charge is 0.491 e. The van der Waals surface area contributed by atoms with Gasteiger partial charge in [0.1, 0.15) is 17.9 Å². The molecule has 0 aliphatic carbocycles. The first kappa shape index (κ1) is 14.5. The van der Waals surface area contributed by atoms with E-state index in [9.17, 15) is 4.79 Å². The number of carbonyl (C=O) groups is 1. The molecule has 5 nitrogen and oxygen atoms in total. The average molecular weight is 253 g/mol. The Labute approximate surface area is 107 Å². The van der Waals surface area contributed by atoms with Crippen molar-refractivity contribution in [2.45, 2.75) is 18.9 Å². The third kappa shape index (κ3) is 3.72. The van der Waals surface area contributed by atoms with E-state index in [-0.39, 0.29) is 13.2 Å². The Bertz CT molecular complexity index is 404. The van der Waals surface area contributed by atoms with E-state index in [1.165, 1.54) is 7.11 Å². The molecule has 0 saturated heterocycles. The number of para-hydroxylation sites is 1. The molecule has 0 bridgehead atoms. The molecule has 1 unspecified atom stereocenters. The van der Waals surface area contributed by atoms with E-state index in [2.05, 4.69) is 4.74 Å². The SMILES string of the molecule is COC(=O)C(C)(N)COc1ccccc1CCO. The highest BCUT2D eigenvalue weighted by Gasteiger charge is 2.30. The normalized spacial score (nSPS) is 13.8. The van der Waals surface area contributed by atoms with Crippen molar-refractivity contribution in [2.75, 3.05) is 20.3 Å². The van der Waals surface area contributed by atoms with E-state index in [1.54, 1.807) is 13.0 Å². The monoisotopic (exact) mass is 253 g/mol. The number of aliphatic hydroxyl groups excluding tert-OH is 1. The minimum atomic E-state index is -1.19. The first-order valence-electron chi connectivity index (χ1n) is 5.70. The van der Waals surface area contributed by atoms with Crippen molar-refractivity contribution in [1.82, 2.24) is 0 Å². The molecule has 0 aliphatic heterocycles. The predicted octanol–water partition coefficient (Wildman–Crippen LogP) is 0.491. The lowest BCUT2D eigenvalue weighted by Gasteiger charge is -2.22. The highest BCUT2D eigenvalue weighted by molar-refractivity contribution is 5.80. The first-order chi connectivity index (χ1) is 8.51. The van der Waals surface area contributed by atoms with Crippen LogP contribution in [0.3, 0.4) is 0 Å².